The minimum Gasteiger partial charge on any atom is -0.316 e. The highest BCUT2D eigenvalue weighted by molar-refractivity contribution is 5.85. The van der Waals surface area contributed by atoms with Crippen molar-refractivity contribution in [2.24, 2.45) is 0 Å². The van der Waals surface area contributed by atoms with Crippen LogP contribution in [0.15, 0.2) is 29.8 Å². The van der Waals surface area contributed by atoms with Gasteiger partial charge in [-0.1, -0.05) is 12.1 Å². The van der Waals surface area contributed by atoms with Crippen LogP contribution in [-0.4, -0.2) is 13.1 Å². The van der Waals surface area contributed by atoms with E-state index in [1.165, 1.54) is 12.1 Å². The maximum Gasteiger partial charge on any atom is 0.416 e. The standard InChI is InChI=1S/C14H13F3N2.ClH/c15-14(16,17)12-3-1-10(2-4-12)13(9-18)11-5-7-19-8-6-11;/h1-4,19H,5-8H2;1H. The smallest absolute Gasteiger partial charge is 0.316 e. The van der Waals surface area contributed by atoms with Gasteiger partial charge in [0.2, 0.25) is 0 Å². The Hall–Kier alpha value is -1.51. The van der Waals surface area contributed by atoms with E-state index >= 15 is 0 Å². The number of halogens is 4. The van der Waals surface area contributed by atoms with Gasteiger partial charge in [0.25, 0.3) is 0 Å². The van der Waals surface area contributed by atoms with E-state index in [1.54, 1.807) is 0 Å². The summed E-state index contributed by atoms with van der Waals surface area (Å²) in [5.74, 6) is 0. The highest BCUT2D eigenvalue weighted by atomic mass is 35.5. The van der Waals surface area contributed by atoms with Crippen molar-refractivity contribution < 1.29 is 13.2 Å². The lowest BCUT2D eigenvalue weighted by Crippen LogP contribution is -2.23. The van der Waals surface area contributed by atoms with Crippen molar-refractivity contribution in [2.75, 3.05) is 13.1 Å². The summed E-state index contributed by atoms with van der Waals surface area (Å²) in [6, 6.07) is 6.90. The molecule has 1 fully saturated rings. The zero-order chi connectivity index (χ0) is 13.9. The number of piperidine rings is 1. The van der Waals surface area contributed by atoms with Gasteiger partial charge in [0.05, 0.1) is 17.2 Å². The van der Waals surface area contributed by atoms with E-state index in [9.17, 15) is 18.4 Å². The molecule has 0 spiro atoms. The van der Waals surface area contributed by atoms with Gasteiger partial charge in [0.15, 0.2) is 0 Å². The summed E-state index contributed by atoms with van der Waals surface area (Å²) in [6.07, 6.45) is -2.80. The first-order chi connectivity index (χ1) is 9.02. The molecule has 1 aromatic rings. The third-order valence-corrected chi connectivity index (χ3v) is 3.17. The van der Waals surface area contributed by atoms with Crippen LogP contribution < -0.4 is 5.32 Å². The Bertz CT molecular complexity index is 519. The molecular formula is C14H14ClF3N2. The summed E-state index contributed by atoms with van der Waals surface area (Å²) in [7, 11) is 0. The largest absolute Gasteiger partial charge is 0.416 e. The van der Waals surface area contributed by atoms with Gasteiger partial charge < -0.3 is 5.32 Å². The molecule has 0 atom stereocenters. The normalized spacial score (nSPS) is 15.2. The van der Waals surface area contributed by atoms with Crippen LogP contribution in [0.4, 0.5) is 13.2 Å². The van der Waals surface area contributed by atoms with Crippen molar-refractivity contribution in [3.05, 3.63) is 41.0 Å². The fraction of sp³-hybridized carbons (Fsp3) is 0.357. The summed E-state index contributed by atoms with van der Waals surface area (Å²) in [4.78, 5) is 0. The zero-order valence-corrected chi connectivity index (χ0v) is 11.4. The van der Waals surface area contributed by atoms with Crippen molar-refractivity contribution in [1.82, 2.24) is 5.32 Å². The van der Waals surface area contributed by atoms with Gasteiger partial charge in [-0.25, -0.2) is 0 Å². The minimum absolute atomic E-state index is 0. The SMILES string of the molecule is Cl.N#CC(=C1CCNCC1)c1ccc(C(F)(F)F)cc1. The van der Waals surface area contributed by atoms with E-state index in [-0.39, 0.29) is 12.4 Å². The maximum absolute atomic E-state index is 12.5. The van der Waals surface area contributed by atoms with Gasteiger partial charge in [-0.3, -0.25) is 0 Å². The minimum atomic E-state index is -4.34. The van der Waals surface area contributed by atoms with Crippen LogP contribution in [-0.2, 0) is 6.18 Å². The first-order valence-corrected chi connectivity index (χ1v) is 6.03. The van der Waals surface area contributed by atoms with Gasteiger partial charge in [-0.15, -0.1) is 12.4 Å². The molecule has 1 aliphatic heterocycles. The van der Waals surface area contributed by atoms with Crippen molar-refractivity contribution >= 4 is 18.0 Å². The molecule has 1 aromatic carbocycles. The number of nitriles is 1. The Morgan fingerprint density at radius 2 is 1.65 bits per heavy atom. The number of rotatable bonds is 1. The molecule has 108 valence electrons. The van der Waals surface area contributed by atoms with Crippen molar-refractivity contribution in [2.45, 2.75) is 19.0 Å². The summed E-state index contributed by atoms with van der Waals surface area (Å²) >= 11 is 0. The molecule has 0 aliphatic carbocycles. The lowest BCUT2D eigenvalue weighted by molar-refractivity contribution is -0.137. The third-order valence-electron chi connectivity index (χ3n) is 3.17. The number of hydrogen-bond acceptors (Lipinski definition) is 2. The van der Waals surface area contributed by atoms with Crippen LogP contribution in [0.3, 0.4) is 0 Å². The third kappa shape index (κ3) is 3.75. The summed E-state index contributed by atoms with van der Waals surface area (Å²) in [6.45, 7) is 1.61. The average molecular weight is 303 g/mol. The second-order valence-electron chi connectivity index (χ2n) is 4.42. The van der Waals surface area contributed by atoms with Gasteiger partial charge in [0.1, 0.15) is 0 Å². The molecule has 0 radical (unpaired) electrons. The molecule has 0 saturated carbocycles. The number of allylic oxidation sites excluding steroid dienone is 1. The summed E-state index contributed by atoms with van der Waals surface area (Å²) in [5, 5.41) is 12.4. The van der Waals surface area contributed by atoms with E-state index in [1.807, 2.05) is 0 Å². The van der Waals surface area contributed by atoms with Gasteiger partial charge >= 0.3 is 6.18 Å². The topological polar surface area (TPSA) is 35.8 Å². The van der Waals surface area contributed by atoms with Crippen molar-refractivity contribution in [1.29, 1.82) is 5.26 Å². The van der Waals surface area contributed by atoms with E-state index in [0.717, 1.165) is 43.6 Å². The lowest BCUT2D eigenvalue weighted by Gasteiger charge is -2.17. The van der Waals surface area contributed by atoms with Crippen LogP contribution in [0.5, 0.6) is 0 Å². The Morgan fingerprint density at radius 3 is 2.10 bits per heavy atom. The molecule has 0 bridgehead atoms. The van der Waals surface area contributed by atoms with Crippen LogP contribution in [0.1, 0.15) is 24.0 Å². The molecular weight excluding hydrogens is 289 g/mol. The number of nitrogens with zero attached hydrogens (tertiary/aromatic N) is 1. The fourth-order valence-electron chi connectivity index (χ4n) is 2.15. The van der Waals surface area contributed by atoms with E-state index in [4.69, 9.17) is 0 Å². The Labute approximate surface area is 121 Å². The van der Waals surface area contributed by atoms with Crippen molar-refractivity contribution in [3.63, 3.8) is 0 Å². The lowest BCUT2D eigenvalue weighted by atomic mass is 9.94. The van der Waals surface area contributed by atoms with Gasteiger partial charge in [-0.2, -0.15) is 18.4 Å². The Kier molecular flexibility index (Phi) is 5.61. The molecule has 0 amide bonds. The first-order valence-electron chi connectivity index (χ1n) is 6.03. The van der Waals surface area contributed by atoms with Gasteiger partial charge in [-0.05, 0) is 49.2 Å². The highest BCUT2D eigenvalue weighted by Crippen LogP contribution is 2.31. The predicted molar refractivity (Wildman–Crippen MR) is 73.3 cm³/mol. The molecule has 1 heterocycles. The van der Waals surface area contributed by atoms with E-state index in [0.29, 0.717) is 11.1 Å². The molecule has 1 saturated heterocycles. The average Bonchev–Trinajstić information content (AvgIpc) is 2.40. The molecule has 6 heteroatoms. The molecule has 0 aromatic heterocycles. The predicted octanol–water partition coefficient (Wildman–Crippen LogP) is 3.79. The van der Waals surface area contributed by atoms with Crippen LogP contribution in [0.2, 0.25) is 0 Å². The molecule has 2 rings (SSSR count). The summed E-state index contributed by atoms with van der Waals surface area (Å²) in [5.41, 5.74) is 1.40. The maximum atomic E-state index is 12.5. The van der Waals surface area contributed by atoms with E-state index < -0.39 is 11.7 Å². The molecule has 1 N–H and O–H groups in total. The number of alkyl halides is 3. The molecule has 2 nitrogen and oxygen atoms in total. The Morgan fingerprint density at radius 1 is 1.10 bits per heavy atom. The summed E-state index contributed by atoms with van der Waals surface area (Å²) < 4.78 is 37.4. The fourth-order valence-corrected chi connectivity index (χ4v) is 2.15. The molecule has 0 unspecified atom stereocenters. The van der Waals surface area contributed by atoms with E-state index in [2.05, 4.69) is 11.4 Å². The highest BCUT2D eigenvalue weighted by Gasteiger charge is 2.30. The number of nitrogens with one attached hydrogen (secondary N) is 1. The second-order valence-corrected chi connectivity index (χ2v) is 4.42. The second kappa shape index (κ2) is 6.78. The molecule has 20 heavy (non-hydrogen) atoms. The van der Waals surface area contributed by atoms with Crippen LogP contribution in [0, 0.1) is 11.3 Å². The number of benzene rings is 1. The zero-order valence-electron chi connectivity index (χ0n) is 10.6. The van der Waals surface area contributed by atoms with Crippen LogP contribution in [0.25, 0.3) is 5.57 Å². The van der Waals surface area contributed by atoms with Crippen molar-refractivity contribution in [3.8, 4) is 6.07 Å². The van der Waals surface area contributed by atoms with Gasteiger partial charge in [0, 0.05) is 0 Å². The monoisotopic (exact) mass is 302 g/mol. The van der Waals surface area contributed by atoms with Crippen LogP contribution >= 0.6 is 12.4 Å². The number of hydrogen-bond donors (Lipinski definition) is 1. The quantitative estimate of drug-likeness (QED) is 0.801. The molecule has 1 aliphatic rings. The first kappa shape index (κ1) is 16.5. The Balaban J connectivity index is 0.00000200.